The molecule has 6 heteroatoms. The van der Waals surface area contributed by atoms with Crippen LogP contribution < -0.4 is 5.32 Å². The van der Waals surface area contributed by atoms with Gasteiger partial charge in [-0.2, -0.15) is 0 Å². The largest absolute Gasteiger partial charge is 0.477 e. The van der Waals surface area contributed by atoms with Gasteiger partial charge in [-0.15, -0.1) is 11.3 Å². The molecule has 5 nitrogen and oxygen atoms in total. The summed E-state index contributed by atoms with van der Waals surface area (Å²) in [5, 5.41) is 12.5. The fourth-order valence-electron chi connectivity index (χ4n) is 2.84. The summed E-state index contributed by atoms with van der Waals surface area (Å²) in [5.41, 5.74) is 0.503. The zero-order valence-electron chi connectivity index (χ0n) is 12.4. The summed E-state index contributed by atoms with van der Waals surface area (Å²) >= 11 is 1.12. The van der Waals surface area contributed by atoms with E-state index in [2.05, 4.69) is 38.0 Å². The van der Waals surface area contributed by atoms with E-state index in [9.17, 15) is 9.59 Å². The lowest BCUT2D eigenvalue weighted by Gasteiger charge is -2.04. The van der Waals surface area contributed by atoms with Crippen LogP contribution in [0.1, 0.15) is 48.1 Å². The SMILES string of the molecule is Cc1nc(CNC(=O)C2C(C)(C)C2(C)C)sc1C(=O)O. The van der Waals surface area contributed by atoms with E-state index < -0.39 is 5.97 Å². The van der Waals surface area contributed by atoms with E-state index >= 15 is 0 Å². The molecule has 1 aromatic heterocycles. The molecule has 0 unspecified atom stereocenters. The summed E-state index contributed by atoms with van der Waals surface area (Å²) in [6, 6.07) is 0. The molecule has 1 amide bonds. The molecule has 0 atom stereocenters. The van der Waals surface area contributed by atoms with E-state index in [1.807, 2.05) is 0 Å². The lowest BCUT2D eigenvalue weighted by Crippen LogP contribution is -2.26. The van der Waals surface area contributed by atoms with Gasteiger partial charge in [0.05, 0.1) is 12.2 Å². The highest BCUT2D eigenvalue weighted by atomic mass is 32.1. The Morgan fingerprint density at radius 1 is 1.30 bits per heavy atom. The number of carbonyl (C=O) groups is 2. The van der Waals surface area contributed by atoms with Crippen LogP contribution in [-0.2, 0) is 11.3 Å². The Balaban J connectivity index is 1.99. The second-order valence-electron chi connectivity index (χ2n) is 6.42. The van der Waals surface area contributed by atoms with Gasteiger partial charge in [-0.25, -0.2) is 9.78 Å². The Bertz CT molecular complexity index is 561. The molecule has 0 spiro atoms. The minimum Gasteiger partial charge on any atom is -0.477 e. The van der Waals surface area contributed by atoms with Gasteiger partial charge >= 0.3 is 5.97 Å². The van der Waals surface area contributed by atoms with Crippen molar-refractivity contribution in [3.63, 3.8) is 0 Å². The van der Waals surface area contributed by atoms with Gasteiger partial charge in [-0.05, 0) is 17.8 Å². The van der Waals surface area contributed by atoms with Crippen molar-refractivity contribution in [1.82, 2.24) is 10.3 Å². The van der Waals surface area contributed by atoms with Crippen LogP contribution in [0.5, 0.6) is 0 Å². The highest BCUT2D eigenvalue weighted by molar-refractivity contribution is 7.13. The molecule has 1 saturated carbocycles. The van der Waals surface area contributed by atoms with Crippen LogP contribution in [0.2, 0.25) is 0 Å². The number of hydrogen-bond donors (Lipinski definition) is 2. The van der Waals surface area contributed by atoms with Crippen molar-refractivity contribution in [2.75, 3.05) is 0 Å². The number of carbonyl (C=O) groups excluding carboxylic acids is 1. The van der Waals surface area contributed by atoms with Gasteiger partial charge in [0.1, 0.15) is 9.88 Å². The minimum absolute atomic E-state index is 0.00209. The molecule has 0 saturated heterocycles. The first-order valence-corrected chi connectivity index (χ1v) is 7.38. The zero-order chi connectivity index (χ0) is 15.3. The molecule has 110 valence electrons. The Morgan fingerprint density at radius 2 is 1.85 bits per heavy atom. The molecule has 0 aromatic carbocycles. The van der Waals surface area contributed by atoms with Crippen LogP contribution in [0.15, 0.2) is 0 Å². The van der Waals surface area contributed by atoms with Crippen LogP contribution in [0, 0.1) is 23.7 Å². The quantitative estimate of drug-likeness (QED) is 0.894. The van der Waals surface area contributed by atoms with Gasteiger partial charge in [0.25, 0.3) is 0 Å². The van der Waals surface area contributed by atoms with Gasteiger partial charge in [0.2, 0.25) is 5.91 Å². The second-order valence-corrected chi connectivity index (χ2v) is 7.51. The first-order valence-electron chi connectivity index (χ1n) is 6.56. The third-order valence-electron chi connectivity index (χ3n) is 4.73. The third kappa shape index (κ3) is 2.22. The summed E-state index contributed by atoms with van der Waals surface area (Å²) in [5.74, 6) is -0.957. The van der Waals surface area contributed by atoms with Gasteiger partial charge < -0.3 is 10.4 Å². The first-order chi connectivity index (χ1) is 9.09. The Morgan fingerprint density at radius 3 is 2.25 bits per heavy atom. The number of thiazole rings is 1. The molecule has 20 heavy (non-hydrogen) atoms. The lowest BCUT2D eigenvalue weighted by atomic mass is 10.0. The number of carboxylic acid groups (broad SMARTS) is 1. The van der Waals surface area contributed by atoms with E-state index in [-0.39, 0.29) is 27.5 Å². The third-order valence-corrected chi connectivity index (χ3v) is 5.88. The zero-order valence-corrected chi connectivity index (χ0v) is 13.2. The average Bonchev–Trinajstić information content (AvgIpc) is 2.59. The molecule has 1 aromatic rings. The predicted molar refractivity (Wildman–Crippen MR) is 76.7 cm³/mol. The lowest BCUT2D eigenvalue weighted by molar-refractivity contribution is -0.123. The molecule has 0 radical (unpaired) electrons. The molecular formula is C14H20N2O3S. The summed E-state index contributed by atoms with van der Waals surface area (Å²) in [4.78, 5) is 27.5. The minimum atomic E-state index is -0.970. The summed E-state index contributed by atoms with van der Waals surface area (Å²) < 4.78 is 0. The van der Waals surface area contributed by atoms with Gasteiger partial charge in [-0.3, -0.25) is 4.79 Å². The number of aryl methyl sites for hydroxylation is 1. The second kappa shape index (κ2) is 4.55. The van der Waals surface area contributed by atoms with Crippen molar-refractivity contribution in [2.45, 2.75) is 41.2 Å². The number of aromatic carboxylic acids is 1. The van der Waals surface area contributed by atoms with E-state index in [0.29, 0.717) is 17.2 Å². The van der Waals surface area contributed by atoms with Gasteiger partial charge in [-0.1, -0.05) is 27.7 Å². The number of amides is 1. The average molecular weight is 296 g/mol. The Kier molecular flexibility index (Phi) is 3.40. The summed E-state index contributed by atoms with van der Waals surface area (Å²) in [7, 11) is 0. The van der Waals surface area contributed by atoms with Gasteiger partial charge in [0, 0.05) is 5.92 Å². The first kappa shape index (κ1) is 15.0. The highest BCUT2D eigenvalue weighted by Crippen LogP contribution is 2.68. The number of hydrogen-bond acceptors (Lipinski definition) is 4. The molecule has 2 N–H and O–H groups in total. The summed E-state index contributed by atoms with van der Waals surface area (Å²) in [6.45, 7) is 10.3. The van der Waals surface area contributed by atoms with Crippen LogP contribution in [0.3, 0.4) is 0 Å². The van der Waals surface area contributed by atoms with E-state index in [1.165, 1.54) is 0 Å². The van der Waals surface area contributed by atoms with Crippen LogP contribution in [0.4, 0.5) is 0 Å². The van der Waals surface area contributed by atoms with Crippen LogP contribution in [-0.4, -0.2) is 22.0 Å². The van der Waals surface area contributed by atoms with Gasteiger partial charge in [0.15, 0.2) is 0 Å². The number of nitrogens with one attached hydrogen (secondary N) is 1. The fourth-order valence-corrected chi connectivity index (χ4v) is 3.69. The normalized spacial score (nSPS) is 19.6. The van der Waals surface area contributed by atoms with Crippen molar-refractivity contribution >= 4 is 23.2 Å². The monoisotopic (exact) mass is 296 g/mol. The van der Waals surface area contributed by atoms with Crippen molar-refractivity contribution < 1.29 is 14.7 Å². The Labute approximate surface area is 122 Å². The highest BCUT2D eigenvalue weighted by Gasteiger charge is 2.68. The predicted octanol–water partition coefficient (Wildman–Crippen LogP) is 2.45. The molecular weight excluding hydrogens is 276 g/mol. The molecule has 1 fully saturated rings. The fraction of sp³-hybridized carbons (Fsp3) is 0.643. The van der Waals surface area contributed by atoms with Crippen LogP contribution in [0.25, 0.3) is 0 Å². The van der Waals surface area contributed by atoms with Crippen molar-refractivity contribution in [2.24, 2.45) is 16.7 Å². The Hall–Kier alpha value is -1.43. The number of aromatic nitrogens is 1. The molecule has 2 rings (SSSR count). The van der Waals surface area contributed by atoms with Crippen molar-refractivity contribution in [3.8, 4) is 0 Å². The smallest absolute Gasteiger partial charge is 0.347 e. The van der Waals surface area contributed by atoms with Crippen molar-refractivity contribution in [3.05, 3.63) is 15.6 Å². The van der Waals surface area contributed by atoms with Crippen molar-refractivity contribution in [1.29, 1.82) is 0 Å². The van der Waals surface area contributed by atoms with E-state index in [1.54, 1.807) is 6.92 Å². The molecule has 1 aliphatic rings. The van der Waals surface area contributed by atoms with E-state index in [4.69, 9.17) is 5.11 Å². The number of rotatable bonds is 4. The number of nitrogens with zero attached hydrogens (tertiary/aromatic N) is 1. The molecule has 0 bridgehead atoms. The summed E-state index contributed by atoms with van der Waals surface area (Å²) in [6.07, 6.45) is 0. The van der Waals surface area contributed by atoms with Crippen LogP contribution >= 0.6 is 11.3 Å². The maximum atomic E-state index is 12.2. The topological polar surface area (TPSA) is 79.3 Å². The molecule has 0 aliphatic heterocycles. The molecule has 1 aliphatic carbocycles. The maximum Gasteiger partial charge on any atom is 0.347 e. The number of carboxylic acids is 1. The maximum absolute atomic E-state index is 12.2. The molecule has 1 heterocycles. The van der Waals surface area contributed by atoms with E-state index in [0.717, 1.165) is 11.3 Å². The standard InChI is InChI=1S/C14H20N2O3S/c1-7-9(12(18)19)20-8(16-7)6-15-11(17)10-13(2,3)14(10,4)5/h10H,6H2,1-5H3,(H,15,17)(H,18,19).